The lowest BCUT2D eigenvalue weighted by atomic mass is 10.1. The molecule has 1 aromatic carbocycles. The first-order valence-corrected chi connectivity index (χ1v) is 9.77. The predicted molar refractivity (Wildman–Crippen MR) is 105 cm³/mol. The molecule has 4 heterocycles. The van der Waals surface area contributed by atoms with Crippen molar-refractivity contribution in [3.8, 4) is 16.5 Å². The van der Waals surface area contributed by atoms with Gasteiger partial charge in [0.15, 0.2) is 5.65 Å². The summed E-state index contributed by atoms with van der Waals surface area (Å²) in [6, 6.07) is 14.5. The molecule has 0 bridgehead atoms. The third-order valence-corrected chi connectivity index (χ3v) is 6.02. The van der Waals surface area contributed by atoms with Gasteiger partial charge in [-0.3, -0.25) is 0 Å². The minimum atomic E-state index is 0.204. The highest BCUT2D eigenvalue weighted by molar-refractivity contribution is 7.22. The van der Waals surface area contributed by atoms with Crippen LogP contribution in [0.15, 0.2) is 48.7 Å². The van der Waals surface area contributed by atoms with Crippen molar-refractivity contribution in [1.82, 2.24) is 19.5 Å². The van der Waals surface area contributed by atoms with E-state index >= 15 is 0 Å². The van der Waals surface area contributed by atoms with Gasteiger partial charge in [-0.05, 0) is 50.0 Å². The Kier molecular flexibility index (Phi) is 3.87. The molecule has 4 aromatic rings. The van der Waals surface area contributed by atoms with E-state index in [9.17, 15) is 0 Å². The van der Waals surface area contributed by atoms with Gasteiger partial charge < -0.3 is 9.64 Å². The Morgan fingerprint density at radius 3 is 3.00 bits per heavy atom. The number of aromatic nitrogens is 3. The topological polar surface area (TPSA) is 42.7 Å². The van der Waals surface area contributed by atoms with Crippen molar-refractivity contribution >= 4 is 27.1 Å². The van der Waals surface area contributed by atoms with E-state index in [0.717, 1.165) is 30.9 Å². The van der Waals surface area contributed by atoms with Gasteiger partial charge in [0.2, 0.25) is 5.88 Å². The number of likely N-dealkylation sites (tertiary alicyclic amines) is 1. The van der Waals surface area contributed by atoms with Gasteiger partial charge >= 0.3 is 0 Å². The first-order valence-electron chi connectivity index (χ1n) is 8.95. The second-order valence-corrected chi connectivity index (χ2v) is 7.96. The van der Waals surface area contributed by atoms with Crippen LogP contribution in [0.1, 0.15) is 12.8 Å². The molecule has 0 N–H and O–H groups in total. The van der Waals surface area contributed by atoms with E-state index in [-0.39, 0.29) is 6.10 Å². The minimum absolute atomic E-state index is 0.204. The number of fused-ring (bicyclic) bond motifs is 2. The number of rotatable bonds is 3. The highest BCUT2D eigenvalue weighted by Gasteiger charge is 2.19. The maximum Gasteiger partial charge on any atom is 0.232 e. The summed E-state index contributed by atoms with van der Waals surface area (Å²) in [7, 11) is 2.14. The third kappa shape index (κ3) is 2.85. The molecule has 1 unspecified atom stereocenters. The summed E-state index contributed by atoms with van der Waals surface area (Å²) in [5, 5.41) is 5.97. The third-order valence-electron chi connectivity index (χ3n) is 4.88. The number of hydrogen-bond donors (Lipinski definition) is 0. The zero-order chi connectivity index (χ0) is 17.5. The zero-order valence-corrected chi connectivity index (χ0v) is 15.4. The molecule has 1 saturated heterocycles. The summed E-state index contributed by atoms with van der Waals surface area (Å²) in [6.07, 6.45) is 4.35. The van der Waals surface area contributed by atoms with Crippen LogP contribution in [0.3, 0.4) is 0 Å². The van der Waals surface area contributed by atoms with Crippen LogP contribution in [0.25, 0.3) is 26.3 Å². The van der Waals surface area contributed by atoms with Crippen LogP contribution in [0.2, 0.25) is 0 Å². The molecule has 3 aromatic heterocycles. The van der Waals surface area contributed by atoms with Gasteiger partial charge in [0.1, 0.15) is 11.8 Å². The molecule has 1 aliphatic heterocycles. The van der Waals surface area contributed by atoms with Crippen LogP contribution < -0.4 is 4.74 Å². The van der Waals surface area contributed by atoms with E-state index in [4.69, 9.17) is 9.84 Å². The van der Waals surface area contributed by atoms with Gasteiger partial charge in [-0.15, -0.1) is 16.4 Å². The normalized spacial score (nSPS) is 18.6. The molecule has 1 fully saturated rings. The van der Waals surface area contributed by atoms with Crippen LogP contribution >= 0.6 is 11.3 Å². The Morgan fingerprint density at radius 1 is 1.19 bits per heavy atom. The Labute approximate surface area is 155 Å². The smallest absolute Gasteiger partial charge is 0.232 e. The SMILES string of the molecule is CN1CCCC(Oc2ccc3ncc(-c4cc5ccccc5s4)n3n2)C1. The summed E-state index contributed by atoms with van der Waals surface area (Å²) in [4.78, 5) is 7.99. The molecule has 0 spiro atoms. The average molecular weight is 364 g/mol. The van der Waals surface area contributed by atoms with Crippen LogP contribution in [0.4, 0.5) is 0 Å². The van der Waals surface area contributed by atoms with Gasteiger partial charge in [0, 0.05) is 17.3 Å². The number of nitrogens with zero attached hydrogens (tertiary/aromatic N) is 4. The van der Waals surface area contributed by atoms with Gasteiger partial charge in [-0.25, -0.2) is 9.50 Å². The summed E-state index contributed by atoms with van der Waals surface area (Å²) < 4.78 is 9.32. The Bertz CT molecular complexity index is 1040. The lowest BCUT2D eigenvalue weighted by Gasteiger charge is -2.29. The maximum atomic E-state index is 6.16. The second-order valence-electron chi connectivity index (χ2n) is 6.88. The summed E-state index contributed by atoms with van der Waals surface area (Å²) in [6.45, 7) is 2.09. The molecule has 5 nitrogen and oxygen atoms in total. The first-order chi connectivity index (χ1) is 12.8. The van der Waals surface area contributed by atoms with Crippen LogP contribution in [0, 0.1) is 0 Å². The van der Waals surface area contributed by atoms with Crippen LogP contribution in [-0.4, -0.2) is 45.7 Å². The highest BCUT2D eigenvalue weighted by Crippen LogP contribution is 2.33. The molecule has 6 heteroatoms. The molecule has 0 saturated carbocycles. The van der Waals surface area contributed by atoms with Crippen LogP contribution in [0.5, 0.6) is 5.88 Å². The number of thiophene rings is 1. The number of likely N-dealkylation sites (N-methyl/N-ethyl adjacent to an activating group) is 1. The first kappa shape index (κ1) is 15.8. The Hall–Kier alpha value is -2.44. The largest absolute Gasteiger partial charge is 0.472 e. The summed E-state index contributed by atoms with van der Waals surface area (Å²) >= 11 is 1.76. The quantitative estimate of drug-likeness (QED) is 0.549. The summed E-state index contributed by atoms with van der Waals surface area (Å²) in [5.74, 6) is 0.665. The fraction of sp³-hybridized carbons (Fsp3) is 0.300. The molecule has 132 valence electrons. The number of hydrogen-bond acceptors (Lipinski definition) is 5. The minimum Gasteiger partial charge on any atom is -0.472 e. The lowest BCUT2D eigenvalue weighted by molar-refractivity contribution is 0.0988. The van der Waals surface area contributed by atoms with Gasteiger partial charge in [-0.2, -0.15) is 0 Å². The van der Waals surface area contributed by atoms with Gasteiger partial charge in [0.05, 0.1) is 11.1 Å². The Morgan fingerprint density at radius 2 is 2.12 bits per heavy atom. The number of benzene rings is 1. The van der Waals surface area contributed by atoms with E-state index in [0.29, 0.717) is 5.88 Å². The maximum absolute atomic E-state index is 6.16. The number of piperidine rings is 1. The van der Waals surface area contributed by atoms with E-state index < -0.39 is 0 Å². The van der Waals surface area contributed by atoms with Crippen molar-refractivity contribution in [1.29, 1.82) is 0 Å². The molecule has 0 amide bonds. The molecule has 0 radical (unpaired) electrons. The zero-order valence-electron chi connectivity index (χ0n) is 14.6. The molecular formula is C20H20N4OS. The van der Waals surface area contributed by atoms with E-state index in [1.165, 1.54) is 21.4 Å². The standard InChI is InChI=1S/C20H20N4OS/c1-23-10-4-6-15(13-23)25-20-9-8-19-21-12-16(24(19)22-20)18-11-14-5-2-3-7-17(14)26-18/h2-3,5,7-9,11-12,15H,4,6,10,13H2,1H3. The van der Waals surface area contributed by atoms with Crippen LogP contribution in [-0.2, 0) is 0 Å². The van der Waals surface area contributed by atoms with Gasteiger partial charge in [-0.1, -0.05) is 18.2 Å². The van der Waals surface area contributed by atoms with Crippen molar-refractivity contribution in [2.45, 2.75) is 18.9 Å². The predicted octanol–water partition coefficient (Wildman–Crippen LogP) is 4.08. The van der Waals surface area contributed by atoms with E-state index in [1.54, 1.807) is 11.3 Å². The van der Waals surface area contributed by atoms with Crippen molar-refractivity contribution in [2.24, 2.45) is 0 Å². The Balaban J connectivity index is 1.50. The second kappa shape index (κ2) is 6.37. The van der Waals surface area contributed by atoms with Gasteiger partial charge in [0.25, 0.3) is 0 Å². The molecule has 1 aliphatic rings. The van der Waals surface area contributed by atoms with Crippen molar-refractivity contribution in [3.05, 3.63) is 48.7 Å². The molecule has 0 aliphatic carbocycles. The molecule has 26 heavy (non-hydrogen) atoms. The van der Waals surface area contributed by atoms with Crippen molar-refractivity contribution in [3.63, 3.8) is 0 Å². The molecule has 5 rings (SSSR count). The van der Waals surface area contributed by atoms with Crippen molar-refractivity contribution in [2.75, 3.05) is 20.1 Å². The monoisotopic (exact) mass is 364 g/mol. The molecular weight excluding hydrogens is 344 g/mol. The van der Waals surface area contributed by atoms with E-state index in [1.807, 2.05) is 22.8 Å². The number of imidazole rings is 1. The lowest BCUT2D eigenvalue weighted by Crippen LogP contribution is -2.38. The highest BCUT2D eigenvalue weighted by atomic mass is 32.1. The van der Waals surface area contributed by atoms with Crippen molar-refractivity contribution < 1.29 is 4.74 Å². The summed E-state index contributed by atoms with van der Waals surface area (Å²) in [5.41, 5.74) is 1.85. The molecule has 1 atom stereocenters. The fourth-order valence-electron chi connectivity index (χ4n) is 3.58. The average Bonchev–Trinajstić information content (AvgIpc) is 3.25. The van der Waals surface area contributed by atoms with E-state index in [2.05, 4.69) is 47.3 Å². The fourth-order valence-corrected chi connectivity index (χ4v) is 4.64. The number of ether oxygens (including phenoxy) is 1.